The highest BCUT2D eigenvalue weighted by atomic mass is 15.2. The third kappa shape index (κ3) is 6.34. The summed E-state index contributed by atoms with van der Waals surface area (Å²) in [6, 6.07) is 113. The molecule has 0 atom stereocenters. The summed E-state index contributed by atoms with van der Waals surface area (Å²) in [5.41, 5.74) is 25.5. The number of hydrogen-bond donors (Lipinski definition) is 0. The zero-order chi connectivity index (χ0) is 50.2. The SMILES string of the molecule is c1ccc(-c2cccc(-c3ccc(N(c4ccc5c(c4)C(c4ccccc4)(c4ccccc4)c4ccccc4-5)c4cccc5c4-c4ccccc4C54c5ccccc5N(c5ccccc5)c5ccccc54)cc3)c2)cc1. The lowest BCUT2D eigenvalue weighted by atomic mass is 9.64. The van der Waals surface area contributed by atoms with Crippen LogP contribution in [0.25, 0.3) is 44.5 Å². The van der Waals surface area contributed by atoms with Gasteiger partial charge in [-0.1, -0.05) is 243 Å². The number of benzene rings is 12. The van der Waals surface area contributed by atoms with E-state index in [0.717, 1.165) is 22.7 Å². The van der Waals surface area contributed by atoms with Gasteiger partial charge in [0.25, 0.3) is 0 Å². The molecule has 0 radical (unpaired) electrons. The predicted octanol–water partition coefficient (Wildman–Crippen LogP) is 19.0. The second kappa shape index (κ2) is 17.4. The standard InChI is InChI=1S/C74H50N2/c1-5-23-51(24-6-1)53-25-21-26-54(49-53)52-43-45-58(46-44-52)75(59-47-48-61-60-33-13-15-35-63(60)73(68(61)50-59,55-27-7-2-8-28-55)56-29-9-3-10-30-56)71-42-22-39-67-72(71)62-34-14-16-36-64(62)74(67)65-37-17-19-40-69(65)76(57-31-11-4-12-32-57)70-41-20-18-38-66(70)74/h1-50H. The molecule has 0 bridgehead atoms. The van der Waals surface area contributed by atoms with Crippen molar-refractivity contribution in [1.82, 2.24) is 0 Å². The molecule has 1 aliphatic heterocycles. The maximum absolute atomic E-state index is 2.54. The van der Waals surface area contributed by atoms with Crippen LogP contribution in [0.15, 0.2) is 303 Å². The van der Waals surface area contributed by atoms with Gasteiger partial charge in [-0.2, -0.15) is 0 Å². The Morgan fingerprint density at radius 1 is 0.263 bits per heavy atom. The van der Waals surface area contributed by atoms with Crippen molar-refractivity contribution in [3.05, 3.63) is 348 Å². The topological polar surface area (TPSA) is 6.48 Å². The van der Waals surface area contributed by atoms with Gasteiger partial charge in [0, 0.05) is 22.6 Å². The second-order valence-corrected chi connectivity index (χ2v) is 20.3. The number of anilines is 6. The van der Waals surface area contributed by atoms with E-state index < -0.39 is 10.8 Å². The predicted molar refractivity (Wildman–Crippen MR) is 315 cm³/mol. The molecule has 3 aliphatic rings. The molecule has 0 saturated heterocycles. The molecule has 0 N–H and O–H groups in total. The van der Waals surface area contributed by atoms with Gasteiger partial charge in [0.2, 0.25) is 0 Å². The van der Waals surface area contributed by atoms with Crippen LogP contribution in [0, 0.1) is 0 Å². The molecule has 0 saturated carbocycles. The fourth-order valence-electron chi connectivity index (χ4n) is 13.5. The summed E-state index contributed by atoms with van der Waals surface area (Å²) in [6.45, 7) is 0. The van der Waals surface area contributed by atoms with Crippen LogP contribution in [-0.4, -0.2) is 0 Å². The lowest BCUT2D eigenvalue weighted by molar-refractivity contribution is 0.752. The number of hydrogen-bond acceptors (Lipinski definition) is 2. The normalized spacial score (nSPS) is 13.7. The lowest BCUT2D eigenvalue weighted by Crippen LogP contribution is -2.36. The highest BCUT2D eigenvalue weighted by Gasteiger charge is 2.53. The summed E-state index contributed by atoms with van der Waals surface area (Å²) in [6.07, 6.45) is 0. The van der Waals surface area contributed by atoms with Crippen LogP contribution in [0.4, 0.5) is 34.1 Å². The smallest absolute Gasteiger partial charge is 0.0755 e. The Labute approximate surface area is 444 Å². The molecule has 2 heteroatoms. The lowest BCUT2D eigenvalue weighted by Gasteiger charge is -2.45. The Kier molecular flexibility index (Phi) is 10.0. The van der Waals surface area contributed by atoms with Crippen molar-refractivity contribution < 1.29 is 0 Å². The first kappa shape index (κ1) is 43.8. The van der Waals surface area contributed by atoms with Crippen molar-refractivity contribution in [3.8, 4) is 44.5 Å². The minimum absolute atomic E-state index is 0.570. The summed E-state index contributed by atoms with van der Waals surface area (Å²) in [5.74, 6) is 0. The molecule has 76 heavy (non-hydrogen) atoms. The minimum atomic E-state index is -0.616. The summed E-state index contributed by atoms with van der Waals surface area (Å²) in [7, 11) is 0. The van der Waals surface area contributed by atoms with Crippen molar-refractivity contribution in [1.29, 1.82) is 0 Å². The van der Waals surface area contributed by atoms with Crippen LogP contribution in [0.2, 0.25) is 0 Å². The van der Waals surface area contributed by atoms with Gasteiger partial charge in [-0.3, -0.25) is 0 Å². The molecular weight excluding hydrogens is 917 g/mol. The fourth-order valence-corrected chi connectivity index (χ4v) is 13.5. The molecule has 1 spiro atoms. The Balaban J connectivity index is 0.992. The van der Waals surface area contributed by atoms with Gasteiger partial charge in [0.05, 0.1) is 27.9 Å². The highest BCUT2D eigenvalue weighted by Crippen LogP contribution is 2.66. The quantitative estimate of drug-likeness (QED) is 0.150. The van der Waals surface area contributed by atoms with E-state index in [1.54, 1.807) is 0 Å². The number of nitrogens with zero attached hydrogens (tertiary/aromatic N) is 2. The van der Waals surface area contributed by atoms with Crippen molar-refractivity contribution in [2.45, 2.75) is 10.8 Å². The van der Waals surface area contributed by atoms with Gasteiger partial charge in [0.1, 0.15) is 0 Å². The van der Waals surface area contributed by atoms with E-state index in [-0.39, 0.29) is 0 Å². The molecule has 1 heterocycles. The van der Waals surface area contributed by atoms with Crippen LogP contribution in [-0.2, 0) is 10.8 Å². The molecule has 15 rings (SSSR count). The summed E-state index contributed by atoms with van der Waals surface area (Å²) >= 11 is 0. The Morgan fingerprint density at radius 2 is 0.711 bits per heavy atom. The van der Waals surface area contributed by atoms with Gasteiger partial charge < -0.3 is 9.80 Å². The van der Waals surface area contributed by atoms with Gasteiger partial charge in [-0.05, 0) is 144 Å². The molecular formula is C74H50N2. The zero-order valence-corrected chi connectivity index (χ0v) is 41.8. The first-order valence-electron chi connectivity index (χ1n) is 26.4. The zero-order valence-electron chi connectivity index (χ0n) is 41.8. The van der Waals surface area contributed by atoms with E-state index in [4.69, 9.17) is 0 Å². The van der Waals surface area contributed by atoms with Crippen molar-refractivity contribution in [2.24, 2.45) is 0 Å². The van der Waals surface area contributed by atoms with E-state index in [9.17, 15) is 0 Å². The molecule has 0 unspecified atom stereocenters. The molecule has 0 fully saturated rings. The van der Waals surface area contributed by atoms with Crippen LogP contribution < -0.4 is 9.80 Å². The van der Waals surface area contributed by atoms with E-state index in [1.165, 1.54) is 100 Å². The third-order valence-electron chi connectivity index (χ3n) is 16.5. The summed E-state index contributed by atoms with van der Waals surface area (Å²) < 4.78 is 0. The summed E-state index contributed by atoms with van der Waals surface area (Å²) in [4.78, 5) is 5.00. The van der Waals surface area contributed by atoms with Gasteiger partial charge in [0.15, 0.2) is 0 Å². The van der Waals surface area contributed by atoms with Crippen molar-refractivity contribution in [2.75, 3.05) is 9.80 Å². The second-order valence-electron chi connectivity index (χ2n) is 20.3. The van der Waals surface area contributed by atoms with Gasteiger partial charge in [-0.15, -0.1) is 0 Å². The first-order valence-corrected chi connectivity index (χ1v) is 26.4. The van der Waals surface area contributed by atoms with Gasteiger partial charge in [-0.25, -0.2) is 0 Å². The molecule has 2 nitrogen and oxygen atoms in total. The Morgan fingerprint density at radius 3 is 1.34 bits per heavy atom. The Bertz CT molecular complexity index is 4080. The van der Waals surface area contributed by atoms with Crippen LogP contribution in [0.3, 0.4) is 0 Å². The first-order chi connectivity index (χ1) is 37.7. The maximum atomic E-state index is 2.54. The van der Waals surface area contributed by atoms with Crippen LogP contribution in [0.5, 0.6) is 0 Å². The Hall–Kier alpha value is -9.76. The van der Waals surface area contributed by atoms with Crippen LogP contribution in [0.1, 0.15) is 44.5 Å². The average molecular weight is 967 g/mol. The third-order valence-corrected chi connectivity index (χ3v) is 16.5. The van der Waals surface area contributed by atoms with Crippen molar-refractivity contribution >= 4 is 34.1 Å². The molecule has 0 aromatic heterocycles. The van der Waals surface area contributed by atoms with Crippen LogP contribution >= 0.6 is 0 Å². The van der Waals surface area contributed by atoms with E-state index in [0.29, 0.717) is 0 Å². The molecule has 12 aromatic rings. The van der Waals surface area contributed by atoms with E-state index in [1.807, 2.05) is 0 Å². The monoisotopic (exact) mass is 966 g/mol. The van der Waals surface area contributed by atoms with Crippen molar-refractivity contribution in [3.63, 3.8) is 0 Å². The summed E-state index contributed by atoms with van der Waals surface area (Å²) in [5, 5.41) is 0. The maximum Gasteiger partial charge on any atom is 0.0755 e. The van der Waals surface area contributed by atoms with E-state index in [2.05, 4.69) is 313 Å². The van der Waals surface area contributed by atoms with E-state index >= 15 is 0 Å². The highest BCUT2D eigenvalue weighted by molar-refractivity contribution is 6.02. The number of fused-ring (bicyclic) bond motifs is 12. The average Bonchev–Trinajstić information content (AvgIpc) is 4.18. The fraction of sp³-hybridized carbons (Fsp3) is 0.0270. The molecule has 356 valence electrons. The number of rotatable bonds is 8. The minimum Gasteiger partial charge on any atom is -0.310 e. The van der Waals surface area contributed by atoms with Gasteiger partial charge >= 0.3 is 0 Å². The molecule has 2 aliphatic carbocycles. The molecule has 12 aromatic carbocycles. The largest absolute Gasteiger partial charge is 0.310 e. The number of para-hydroxylation sites is 3. The molecule has 0 amide bonds.